The standard InChI is InChI=1S/C33H34F5N5O5/c1-19(2)25(27(44)33(37,38)31(48)40-18-32(34,35)36)42-30(47)26(22-12-5-4-6-13-22)43-29(46)24(17-21-11-9-10-20(3)16-21)41-28(45)23-14-7-8-15-39-23/h4-16,19,24-26H,17-18H2,1-3H3,(H,40,48)(H,41,45)(H,42,47)(H,43,46). The quantitative estimate of drug-likeness (QED) is 0.152. The lowest BCUT2D eigenvalue weighted by Crippen LogP contribution is -2.58. The van der Waals surface area contributed by atoms with Crippen LogP contribution in [-0.2, 0) is 25.6 Å². The van der Waals surface area contributed by atoms with Crippen molar-refractivity contribution in [3.05, 3.63) is 101 Å². The molecule has 256 valence electrons. The summed E-state index contributed by atoms with van der Waals surface area (Å²) >= 11 is 0. The number of aryl methyl sites for hydroxylation is 1. The monoisotopic (exact) mass is 675 g/mol. The summed E-state index contributed by atoms with van der Waals surface area (Å²) in [4.78, 5) is 69.2. The maximum absolute atomic E-state index is 14.8. The Labute approximate surface area is 272 Å². The van der Waals surface area contributed by atoms with Gasteiger partial charge in [-0.25, -0.2) is 0 Å². The van der Waals surface area contributed by atoms with Crippen molar-refractivity contribution in [3.8, 4) is 0 Å². The van der Waals surface area contributed by atoms with E-state index >= 15 is 0 Å². The maximum atomic E-state index is 14.8. The van der Waals surface area contributed by atoms with E-state index in [-0.39, 0.29) is 17.7 Å². The highest BCUT2D eigenvalue weighted by Gasteiger charge is 2.52. The van der Waals surface area contributed by atoms with Crippen LogP contribution in [0.4, 0.5) is 22.0 Å². The van der Waals surface area contributed by atoms with Gasteiger partial charge in [-0.2, -0.15) is 22.0 Å². The van der Waals surface area contributed by atoms with Crippen molar-refractivity contribution in [3.63, 3.8) is 0 Å². The summed E-state index contributed by atoms with van der Waals surface area (Å²) in [6.45, 7) is 2.27. The van der Waals surface area contributed by atoms with Gasteiger partial charge in [0.2, 0.25) is 17.6 Å². The number of aromatic nitrogens is 1. The van der Waals surface area contributed by atoms with E-state index in [1.54, 1.807) is 36.4 Å². The number of Topliss-reactive ketones (excluding diaryl/α,β-unsaturated/α-hetero) is 1. The minimum Gasteiger partial charge on any atom is -0.344 e. The zero-order valence-corrected chi connectivity index (χ0v) is 26.1. The fourth-order valence-corrected chi connectivity index (χ4v) is 4.57. The molecule has 4 N–H and O–H groups in total. The van der Waals surface area contributed by atoms with Gasteiger partial charge in [0.05, 0.1) is 6.04 Å². The van der Waals surface area contributed by atoms with Gasteiger partial charge in [0.1, 0.15) is 24.3 Å². The van der Waals surface area contributed by atoms with Crippen LogP contribution in [0.15, 0.2) is 79.0 Å². The summed E-state index contributed by atoms with van der Waals surface area (Å²) in [5.74, 6) is -13.3. The number of ketones is 1. The molecule has 3 rings (SSSR count). The van der Waals surface area contributed by atoms with Crippen molar-refractivity contribution in [1.29, 1.82) is 0 Å². The summed E-state index contributed by atoms with van der Waals surface area (Å²) in [5.41, 5.74) is 1.71. The number of rotatable bonds is 14. The van der Waals surface area contributed by atoms with Crippen molar-refractivity contribution in [2.75, 3.05) is 6.54 Å². The molecule has 3 aromatic rings. The van der Waals surface area contributed by atoms with Gasteiger partial charge < -0.3 is 21.3 Å². The Morgan fingerprint density at radius 2 is 1.46 bits per heavy atom. The fourth-order valence-electron chi connectivity index (χ4n) is 4.57. The number of hydrogen-bond acceptors (Lipinski definition) is 6. The van der Waals surface area contributed by atoms with E-state index < -0.39 is 72.1 Å². The van der Waals surface area contributed by atoms with Crippen LogP contribution >= 0.6 is 0 Å². The lowest BCUT2D eigenvalue weighted by atomic mass is 9.94. The number of benzene rings is 2. The molecule has 3 atom stereocenters. The van der Waals surface area contributed by atoms with E-state index in [2.05, 4.69) is 20.9 Å². The van der Waals surface area contributed by atoms with Crippen molar-refractivity contribution in [2.45, 2.75) is 57.4 Å². The number of pyridine rings is 1. The zero-order chi connectivity index (χ0) is 35.6. The number of amides is 4. The third-order valence-corrected chi connectivity index (χ3v) is 7.01. The largest absolute Gasteiger partial charge is 0.405 e. The summed E-state index contributed by atoms with van der Waals surface area (Å²) in [7, 11) is 0. The van der Waals surface area contributed by atoms with Crippen molar-refractivity contribution in [2.24, 2.45) is 5.92 Å². The number of hydrogen-bond donors (Lipinski definition) is 4. The molecule has 15 heteroatoms. The van der Waals surface area contributed by atoms with Crippen LogP contribution in [0.1, 0.15) is 47.1 Å². The minimum absolute atomic E-state index is 0.00961. The Kier molecular flexibility index (Phi) is 12.5. The number of halogens is 5. The van der Waals surface area contributed by atoms with E-state index in [9.17, 15) is 45.9 Å². The predicted octanol–water partition coefficient (Wildman–Crippen LogP) is 3.61. The highest BCUT2D eigenvalue weighted by atomic mass is 19.4. The summed E-state index contributed by atoms with van der Waals surface area (Å²) in [6, 6.07) is 14.3. The van der Waals surface area contributed by atoms with Gasteiger partial charge in [0.15, 0.2) is 0 Å². The SMILES string of the molecule is Cc1cccc(CC(NC(=O)c2ccccn2)C(=O)NC(C(=O)NC(C(=O)C(F)(F)C(=O)NCC(F)(F)F)C(C)C)c2ccccc2)c1. The van der Waals surface area contributed by atoms with Crippen LogP contribution in [-0.4, -0.2) is 65.1 Å². The van der Waals surface area contributed by atoms with Gasteiger partial charge in [0, 0.05) is 12.6 Å². The maximum Gasteiger partial charge on any atom is 0.405 e. The zero-order valence-electron chi connectivity index (χ0n) is 26.1. The summed E-state index contributed by atoms with van der Waals surface area (Å²) in [6.07, 6.45) is -3.66. The highest BCUT2D eigenvalue weighted by Crippen LogP contribution is 2.23. The number of nitrogens with one attached hydrogen (secondary N) is 4. The average Bonchev–Trinajstić information content (AvgIpc) is 3.04. The first-order valence-corrected chi connectivity index (χ1v) is 14.7. The van der Waals surface area contributed by atoms with Crippen molar-refractivity contribution >= 4 is 29.4 Å². The molecule has 3 unspecified atom stereocenters. The lowest BCUT2D eigenvalue weighted by molar-refractivity contribution is -0.165. The van der Waals surface area contributed by atoms with Crippen LogP contribution in [0.25, 0.3) is 0 Å². The molecule has 1 aromatic heterocycles. The van der Waals surface area contributed by atoms with Crippen LogP contribution < -0.4 is 21.3 Å². The molecule has 0 fully saturated rings. The molecule has 4 amide bonds. The number of nitrogens with zero attached hydrogens (tertiary/aromatic N) is 1. The van der Waals surface area contributed by atoms with Gasteiger partial charge in [-0.15, -0.1) is 0 Å². The van der Waals surface area contributed by atoms with Gasteiger partial charge in [-0.3, -0.25) is 29.0 Å². The first kappa shape index (κ1) is 37.2. The predicted molar refractivity (Wildman–Crippen MR) is 163 cm³/mol. The lowest BCUT2D eigenvalue weighted by Gasteiger charge is -2.28. The number of alkyl halides is 5. The average molecular weight is 676 g/mol. The third-order valence-electron chi connectivity index (χ3n) is 7.01. The Morgan fingerprint density at radius 1 is 0.792 bits per heavy atom. The topological polar surface area (TPSA) is 146 Å². The molecular formula is C33H34F5N5O5. The van der Waals surface area contributed by atoms with E-state index in [0.29, 0.717) is 5.56 Å². The van der Waals surface area contributed by atoms with Crippen LogP contribution in [0.3, 0.4) is 0 Å². The Balaban J connectivity index is 1.90. The fraction of sp³-hybridized carbons (Fsp3) is 0.333. The molecule has 0 bridgehead atoms. The Hall–Kier alpha value is -5.21. The van der Waals surface area contributed by atoms with Gasteiger partial charge in [-0.1, -0.05) is 80.1 Å². The van der Waals surface area contributed by atoms with E-state index in [0.717, 1.165) is 10.9 Å². The van der Waals surface area contributed by atoms with E-state index in [1.807, 2.05) is 13.0 Å². The first-order valence-electron chi connectivity index (χ1n) is 14.7. The number of carbonyl (C=O) groups excluding carboxylic acids is 5. The number of carbonyl (C=O) groups is 5. The second kappa shape index (κ2) is 16.1. The smallest absolute Gasteiger partial charge is 0.344 e. The van der Waals surface area contributed by atoms with Gasteiger partial charge in [-0.05, 0) is 36.1 Å². The second-order valence-electron chi connectivity index (χ2n) is 11.3. The molecule has 0 aliphatic rings. The molecule has 0 saturated heterocycles. The third kappa shape index (κ3) is 10.4. The summed E-state index contributed by atoms with van der Waals surface area (Å²) in [5, 5.41) is 8.24. The molecule has 10 nitrogen and oxygen atoms in total. The van der Waals surface area contributed by atoms with Crippen molar-refractivity contribution < 1.29 is 45.9 Å². The molecule has 0 radical (unpaired) electrons. The van der Waals surface area contributed by atoms with Gasteiger partial charge >= 0.3 is 12.1 Å². The van der Waals surface area contributed by atoms with Crippen LogP contribution in [0, 0.1) is 12.8 Å². The second-order valence-corrected chi connectivity index (χ2v) is 11.3. The Morgan fingerprint density at radius 3 is 2.04 bits per heavy atom. The van der Waals surface area contributed by atoms with Crippen molar-refractivity contribution in [1.82, 2.24) is 26.3 Å². The summed E-state index contributed by atoms with van der Waals surface area (Å²) < 4.78 is 67.1. The van der Waals surface area contributed by atoms with E-state index in [4.69, 9.17) is 0 Å². The molecular weight excluding hydrogens is 641 g/mol. The highest BCUT2D eigenvalue weighted by molar-refractivity contribution is 6.10. The molecule has 0 aliphatic carbocycles. The normalized spacial score (nSPS) is 13.5. The van der Waals surface area contributed by atoms with Gasteiger partial charge in [0.25, 0.3) is 11.8 Å². The molecule has 2 aromatic carbocycles. The molecule has 0 saturated carbocycles. The van der Waals surface area contributed by atoms with Crippen LogP contribution in [0.5, 0.6) is 0 Å². The van der Waals surface area contributed by atoms with E-state index in [1.165, 1.54) is 50.4 Å². The van der Waals surface area contributed by atoms with Crippen LogP contribution in [0.2, 0.25) is 0 Å². The minimum atomic E-state index is -5.02. The molecule has 48 heavy (non-hydrogen) atoms. The molecule has 0 aliphatic heterocycles. The molecule has 1 heterocycles. The first-order chi connectivity index (χ1) is 22.5. The molecule has 0 spiro atoms. The Bertz CT molecular complexity index is 1600.